The molecule has 1 saturated carbocycles. The van der Waals surface area contributed by atoms with Crippen LogP contribution >= 0.6 is 0 Å². The topological polar surface area (TPSA) is 54.4 Å². The summed E-state index contributed by atoms with van der Waals surface area (Å²) in [5.74, 6) is -0.281. The molecule has 0 saturated heterocycles. The molecule has 0 aromatic carbocycles. The molecule has 0 unspecified atom stereocenters. The van der Waals surface area contributed by atoms with E-state index in [-0.39, 0.29) is 18.0 Å². The molecule has 0 bridgehead atoms. The summed E-state index contributed by atoms with van der Waals surface area (Å²) in [5, 5.41) is 9.74. The molecular weight excluding hydrogens is 156 g/mol. The number of ketones is 2. The summed E-state index contributed by atoms with van der Waals surface area (Å²) in [4.78, 5) is 22.0. The fourth-order valence-electron chi connectivity index (χ4n) is 1.67. The normalized spacial score (nSPS) is 30.3. The van der Waals surface area contributed by atoms with Gasteiger partial charge in [0.2, 0.25) is 0 Å². The third-order valence-corrected chi connectivity index (χ3v) is 2.30. The predicted molar refractivity (Wildman–Crippen MR) is 43.7 cm³/mol. The lowest BCUT2D eigenvalue weighted by molar-refractivity contribution is -0.145. The van der Waals surface area contributed by atoms with E-state index in [1.54, 1.807) is 0 Å². The van der Waals surface area contributed by atoms with Gasteiger partial charge >= 0.3 is 0 Å². The number of hydrogen-bond donors (Lipinski definition) is 1. The highest BCUT2D eigenvalue weighted by atomic mass is 16.3. The Kier molecular flexibility index (Phi) is 2.62. The lowest BCUT2D eigenvalue weighted by Crippen LogP contribution is -2.42. The highest BCUT2D eigenvalue weighted by Gasteiger charge is 2.38. The predicted octanol–water partition coefficient (Wildman–Crippen LogP) is 0.840. The molecule has 0 amide bonds. The van der Waals surface area contributed by atoms with Crippen LogP contribution in [-0.2, 0) is 9.59 Å². The van der Waals surface area contributed by atoms with Gasteiger partial charge in [0.1, 0.15) is 11.4 Å². The van der Waals surface area contributed by atoms with Crippen LogP contribution in [0.15, 0.2) is 0 Å². The summed E-state index contributed by atoms with van der Waals surface area (Å²) in [6.45, 7) is 1.40. The minimum absolute atomic E-state index is 0.00810. The Morgan fingerprint density at radius 1 is 1.58 bits per heavy atom. The molecule has 68 valence electrons. The number of carbonyl (C=O) groups excluding carboxylic acids is 2. The van der Waals surface area contributed by atoms with Crippen LogP contribution in [0, 0.1) is 0 Å². The van der Waals surface area contributed by atoms with Crippen LogP contribution in [0.4, 0.5) is 0 Å². The van der Waals surface area contributed by atoms with E-state index in [1.807, 2.05) is 0 Å². The molecule has 1 fully saturated rings. The summed E-state index contributed by atoms with van der Waals surface area (Å²) < 4.78 is 0. The molecule has 0 radical (unpaired) electrons. The second-order valence-corrected chi connectivity index (χ2v) is 3.54. The summed E-state index contributed by atoms with van der Waals surface area (Å²) in [6, 6.07) is 0. The number of hydrogen-bond acceptors (Lipinski definition) is 3. The summed E-state index contributed by atoms with van der Waals surface area (Å²) >= 11 is 0. The molecule has 1 rings (SSSR count). The highest BCUT2D eigenvalue weighted by Crippen LogP contribution is 2.27. The lowest BCUT2D eigenvalue weighted by Gasteiger charge is -2.29. The van der Waals surface area contributed by atoms with Gasteiger partial charge in [0.05, 0.1) is 0 Å². The SMILES string of the molecule is CC(=O)C[C@@]1(O)CCCCC1=O. The van der Waals surface area contributed by atoms with E-state index in [9.17, 15) is 14.7 Å². The number of Topliss-reactive ketones (excluding diaryl/α,β-unsaturated/α-hetero) is 2. The summed E-state index contributed by atoms with van der Waals surface area (Å²) in [5.41, 5.74) is -1.33. The van der Waals surface area contributed by atoms with Crippen molar-refractivity contribution in [1.29, 1.82) is 0 Å². The zero-order valence-corrected chi connectivity index (χ0v) is 7.30. The maximum atomic E-state index is 11.2. The zero-order valence-electron chi connectivity index (χ0n) is 7.30. The van der Waals surface area contributed by atoms with Crippen molar-refractivity contribution in [2.24, 2.45) is 0 Å². The van der Waals surface area contributed by atoms with E-state index in [4.69, 9.17) is 0 Å². The van der Waals surface area contributed by atoms with Crippen molar-refractivity contribution in [1.82, 2.24) is 0 Å². The maximum Gasteiger partial charge on any atom is 0.164 e. The Hall–Kier alpha value is -0.700. The van der Waals surface area contributed by atoms with E-state index in [0.717, 1.165) is 12.8 Å². The van der Waals surface area contributed by atoms with Gasteiger partial charge in [-0.05, 0) is 26.2 Å². The molecule has 0 aromatic heterocycles. The van der Waals surface area contributed by atoms with Crippen LogP contribution in [0.1, 0.15) is 39.0 Å². The van der Waals surface area contributed by atoms with Crippen LogP contribution < -0.4 is 0 Å². The molecular formula is C9H14O3. The summed E-state index contributed by atoms with van der Waals surface area (Å²) in [7, 11) is 0. The van der Waals surface area contributed by atoms with Crippen molar-refractivity contribution in [3.63, 3.8) is 0 Å². The molecule has 12 heavy (non-hydrogen) atoms. The Labute approximate surface area is 71.8 Å². The van der Waals surface area contributed by atoms with Gasteiger partial charge in [0.25, 0.3) is 0 Å². The monoisotopic (exact) mass is 170 g/mol. The molecule has 3 heteroatoms. The standard InChI is InChI=1S/C9H14O3/c1-7(10)6-9(12)5-3-2-4-8(9)11/h12H,2-6H2,1H3/t9-/m0/s1. The highest BCUT2D eigenvalue weighted by molar-refractivity contribution is 5.92. The second kappa shape index (κ2) is 3.35. The first-order valence-corrected chi connectivity index (χ1v) is 4.30. The Balaban J connectivity index is 2.66. The van der Waals surface area contributed by atoms with Crippen molar-refractivity contribution < 1.29 is 14.7 Å². The number of rotatable bonds is 2. The molecule has 3 nitrogen and oxygen atoms in total. The molecule has 0 aliphatic heterocycles. The van der Waals surface area contributed by atoms with Gasteiger partial charge in [-0.3, -0.25) is 9.59 Å². The van der Waals surface area contributed by atoms with Gasteiger partial charge in [-0.1, -0.05) is 0 Å². The van der Waals surface area contributed by atoms with Gasteiger partial charge in [-0.2, -0.15) is 0 Å². The van der Waals surface area contributed by atoms with Crippen molar-refractivity contribution in [2.45, 2.75) is 44.6 Å². The van der Waals surface area contributed by atoms with Gasteiger partial charge < -0.3 is 5.11 Å². The fourth-order valence-corrected chi connectivity index (χ4v) is 1.67. The fraction of sp³-hybridized carbons (Fsp3) is 0.778. The van der Waals surface area contributed by atoms with Gasteiger partial charge in [0.15, 0.2) is 5.78 Å². The minimum Gasteiger partial charge on any atom is -0.382 e. The largest absolute Gasteiger partial charge is 0.382 e. The van der Waals surface area contributed by atoms with Crippen molar-refractivity contribution in [3.05, 3.63) is 0 Å². The van der Waals surface area contributed by atoms with Crippen molar-refractivity contribution in [3.8, 4) is 0 Å². The van der Waals surface area contributed by atoms with Crippen LogP contribution in [0.25, 0.3) is 0 Å². The van der Waals surface area contributed by atoms with E-state index in [1.165, 1.54) is 6.92 Å². The summed E-state index contributed by atoms with van der Waals surface area (Å²) in [6.07, 6.45) is 2.55. The lowest BCUT2D eigenvalue weighted by atomic mass is 9.80. The van der Waals surface area contributed by atoms with Crippen LogP contribution in [0.5, 0.6) is 0 Å². The van der Waals surface area contributed by atoms with E-state index in [2.05, 4.69) is 0 Å². The molecule has 0 spiro atoms. The van der Waals surface area contributed by atoms with Gasteiger partial charge in [-0.25, -0.2) is 0 Å². The van der Waals surface area contributed by atoms with Crippen LogP contribution in [0.2, 0.25) is 0 Å². The van der Waals surface area contributed by atoms with Crippen molar-refractivity contribution >= 4 is 11.6 Å². The maximum absolute atomic E-state index is 11.2. The molecule has 1 aliphatic rings. The first kappa shape index (κ1) is 9.39. The average molecular weight is 170 g/mol. The van der Waals surface area contributed by atoms with Gasteiger partial charge in [0, 0.05) is 12.8 Å². The third kappa shape index (κ3) is 1.91. The molecule has 1 N–H and O–H groups in total. The second-order valence-electron chi connectivity index (χ2n) is 3.54. The third-order valence-electron chi connectivity index (χ3n) is 2.30. The zero-order chi connectivity index (χ0) is 9.19. The quantitative estimate of drug-likeness (QED) is 0.668. The smallest absolute Gasteiger partial charge is 0.164 e. The first-order chi connectivity index (χ1) is 5.54. The first-order valence-electron chi connectivity index (χ1n) is 4.30. The van der Waals surface area contributed by atoms with Crippen LogP contribution in [-0.4, -0.2) is 22.3 Å². The molecule has 0 aromatic rings. The van der Waals surface area contributed by atoms with E-state index in [0.29, 0.717) is 12.8 Å². The van der Waals surface area contributed by atoms with Crippen molar-refractivity contribution in [2.75, 3.05) is 0 Å². The average Bonchev–Trinajstić information content (AvgIpc) is 1.94. The molecule has 1 aliphatic carbocycles. The van der Waals surface area contributed by atoms with E-state index >= 15 is 0 Å². The number of aliphatic hydroxyl groups is 1. The van der Waals surface area contributed by atoms with Crippen LogP contribution in [0.3, 0.4) is 0 Å². The molecule has 1 atom stereocenters. The number of carbonyl (C=O) groups is 2. The Morgan fingerprint density at radius 2 is 2.25 bits per heavy atom. The Bertz CT molecular complexity index is 210. The minimum atomic E-state index is -1.33. The van der Waals surface area contributed by atoms with E-state index < -0.39 is 5.60 Å². The van der Waals surface area contributed by atoms with Gasteiger partial charge in [-0.15, -0.1) is 0 Å². The Morgan fingerprint density at radius 3 is 2.75 bits per heavy atom. The molecule has 0 heterocycles.